The van der Waals surface area contributed by atoms with Crippen LogP contribution in [0.5, 0.6) is 0 Å². The van der Waals surface area contributed by atoms with Crippen molar-refractivity contribution in [2.75, 3.05) is 0 Å². The van der Waals surface area contributed by atoms with Gasteiger partial charge < -0.3 is 10.1 Å². The lowest BCUT2D eigenvalue weighted by atomic mass is 10.0. The number of imidazole rings is 1. The van der Waals surface area contributed by atoms with Crippen LogP contribution in [0.15, 0.2) is 18.5 Å². The molecule has 1 heterocycles. The highest BCUT2D eigenvalue weighted by molar-refractivity contribution is 6.18. The van der Waals surface area contributed by atoms with Crippen LogP contribution in [0.25, 0.3) is 11.0 Å². The summed E-state index contributed by atoms with van der Waals surface area (Å²) in [6.07, 6.45) is 1.55. The summed E-state index contributed by atoms with van der Waals surface area (Å²) in [5.74, 6) is -0.596. The lowest BCUT2D eigenvalue weighted by Crippen LogP contribution is -2.03. The number of benzene rings is 1. The van der Waals surface area contributed by atoms with Gasteiger partial charge >= 0.3 is 5.97 Å². The molecule has 2 rings (SSSR count). The number of alkyl halides is 1. The van der Waals surface area contributed by atoms with Crippen LogP contribution in [0.4, 0.5) is 0 Å². The molecule has 2 N–H and O–H groups in total. The van der Waals surface area contributed by atoms with Gasteiger partial charge in [-0.1, -0.05) is 6.07 Å². The van der Waals surface area contributed by atoms with Crippen LogP contribution in [0.1, 0.15) is 11.1 Å². The first kappa shape index (κ1) is 9.98. The molecule has 0 radical (unpaired) electrons. The highest BCUT2D eigenvalue weighted by Crippen LogP contribution is 2.21. The monoisotopic (exact) mass is 224 g/mol. The molecule has 0 fully saturated rings. The maximum absolute atomic E-state index is 10.6. The summed E-state index contributed by atoms with van der Waals surface area (Å²) in [6.45, 7) is 0. The maximum Gasteiger partial charge on any atom is 0.307 e. The zero-order valence-electron chi connectivity index (χ0n) is 7.83. The summed E-state index contributed by atoms with van der Waals surface area (Å²) in [5.41, 5.74) is 3.14. The summed E-state index contributed by atoms with van der Waals surface area (Å²) >= 11 is 5.80. The third-order valence-corrected chi connectivity index (χ3v) is 2.54. The number of carbonyl (C=O) groups is 1. The van der Waals surface area contributed by atoms with Gasteiger partial charge in [0.05, 0.1) is 23.8 Å². The summed E-state index contributed by atoms with van der Waals surface area (Å²) in [6, 6.07) is 3.59. The predicted molar refractivity (Wildman–Crippen MR) is 57.0 cm³/mol. The Kier molecular flexibility index (Phi) is 2.60. The molecule has 4 nitrogen and oxygen atoms in total. The minimum Gasteiger partial charge on any atom is -0.481 e. The van der Waals surface area contributed by atoms with Crippen LogP contribution in [0, 0.1) is 0 Å². The number of H-pyrrole nitrogens is 1. The smallest absolute Gasteiger partial charge is 0.307 e. The highest BCUT2D eigenvalue weighted by Gasteiger charge is 2.11. The molecule has 0 bridgehead atoms. The molecule has 0 atom stereocenters. The Bertz CT molecular complexity index is 507. The van der Waals surface area contributed by atoms with Gasteiger partial charge in [-0.2, -0.15) is 0 Å². The average Bonchev–Trinajstić information content (AvgIpc) is 2.64. The van der Waals surface area contributed by atoms with E-state index in [1.54, 1.807) is 12.4 Å². The number of nitrogens with zero attached hydrogens (tertiary/aromatic N) is 1. The number of aliphatic carboxylic acids is 1. The molecule has 2 aromatic rings. The van der Waals surface area contributed by atoms with Crippen molar-refractivity contribution in [3.8, 4) is 0 Å². The fraction of sp³-hybridized carbons (Fsp3) is 0.200. The number of carboxylic acids is 1. The van der Waals surface area contributed by atoms with Gasteiger partial charge in [0.2, 0.25) is 0 Å². The molecular weight excluding hydrogens is 216 g/mol. The molecule has 0 spiro atoms. The second kappa shape index (κ2) is 3.90. The molecule has 15 heavy (non-hydrogen) atoms. The van der Waals surface area contributed by atoms with Crippen LogP contribution in [-0.2, 0) is 17.1 Å². The Labute approximate surface area is 90.9 Å². The van der Waals surface area contributed by atoms with Crippen molar-refractivity contribution >= 4 is 28.6 Å². The van der Waals surface area contributed by atoms with Gasteiger partial charge in [0.25, 0.3) is 0 Å². The second-order valence-corrected chi connectivity index (χ2v) is 3.47. The van der Waals surface area contributed by atoms with E-state index in [1.165, 1.54) is 0 Å². The third kappa shape index (κ3) is 1.80. The van der Waals surface area contributed by atoms with Gasteiger partial charge in [0, 0.05) is 5.88 Å². The van der Waals surface area contributed by atoms with Crippen molar-refractivity contribution in [3.05, 3.63) is 29.6 Å². The standard InChI is InChI=1S/C10H9ClN2O2/c11-4-7-6(3-9(14)15)1-2-8-10(7)13-5-12-8/h1-2,5H,3-4H2,(H,12,13)(H,14,15). The number of fused-ring (bicyclic) bond motifs is 1. The highest BCUT2D eigenvalue weighted by atomic mass is 35.5. The SMILES string of the molecule is O=C(O)Cc1ccc2[nH]cnc2c1CCl. The van der Waals surface area contributed by atoms with Gasteiger partial charge in [-0.3, -0.25) is 4.79 Å². The Hall–Kier alpha value is -1.55. The van der Waals surface area contributed by atoms with Gasteiger partial charge in [-0.15, -0.1) is 11.6 Å². The van der Waals surface area contributed by atoms with Crippen LogP contribution in [0.3, 0.4) is 0 Å². The van der Waals surface area contributed by atoms with Gasteiger partial charge in [0.15, 0.2) is 0 Å². The number of aromatic nitrogens is 2. The first-order chi connectivity index (χ1) is 7.22. The van der Waals surface area contributed by atoms with Crippen molar-refractivity contribution in [3.63, 3.8) is 0 Å². The molecule has 0 aliphatic rings. The molecule has 0 aliphatic carbocycles. The topological polar surface area (TPSA) is 66.0 Å². The van der Waals surface area contributed by atoms with E-state index < -0.39 is 5.97 Å². The second-order valence-electron chi connectivity index (χ2n) is 3.21. The largest absolute Gasteiger partial charge is 0.481 e. The summed E-state index contributed by atoms with van der Waals surface area (Å²) in [4.78, 5) is 17.7. The molecule has 0 saturated heterocycles. The molecule has 78 valence electrons. The Morgan fingerprint density at radius 3 is 3.00 bits per heavy atom. The Morgan fingerprint density at radius 1 is 1.53 bits per heavy atom. The Morgan fingerprint density at radius 2 is 2.33 bits per heavy atom. The number of hydrogen-bond acceptors (Lipinski definition) is 2. The normalized spacial score (nSPS) is 10.7. The predicted octanol–water partition coefficient (Wildman–Crippen LogP) is 1.93. The molecule has 0 saturated carbocycles. The molecule has 1 aromatic carbocycles. The van der Waals surface area contributed by atoms with E-state index in [4.69, 9.17) is 16.7 Å². The lowest BCUT2D eigenvalue weighted by Gasteiger charge is -2.04. The van der Waals surface area contributed by atoms with E-state index in [9.17, 15) is 4.79 Å². The van der Waals surface area contributed by atoms with Crippen molar-refractivity contribution in [1.82, 2.24) is 9.97 Å². The zero-order chi connectivity index (χ0) is 10.8. The van der Waals surface area contributed by atoms with Crippen molar-refractivity contribution in [2.45, 2.75) is 12.3 Å². The average molecular weight is 225 g/mol. The van der Waals surface area contributed by atoms with E-state index in [0.29, 0.717) is 0 Å². The van der Waals surface area contributed by atoms with E-state index in [1.807, 2.05) is 6.07 Å². The number of carboxylic acid groups (broad SMARTS) is 1. The van der Waals surface area contributed by atoms with Crippen molar-refractivity contribution < 1.29 is 9.90 Å². The van der Waals surface area contributed by atoms with E-state index >= 15 is 0 Å². The van der Waals surface area contributed by atoms with E-state index in [0.717, 1.165) is 22.2 Å². The number of aromatic amines is 1. The van der Waals surface area contributed by atoms with Crippen LogP contribution in [0.2, 0.25) is 0 Å². The zero-order valence-corrected chi connectivity index (χ0v) is 8.58. The molecule has 0 unspecified atom stereocenters. The van der Waals surface area contributed by atoms with Crippen molar-refractivity contribution in [2.24, 2.45) is 0 Å². The molecular formula is C10H9ClN2O2. The quantitative estimate of drug-likeness (QED) is 0.783. The molecule has 1 aromatic heterocycles. The number of nitrogens with one attached hydrogen (secondary N) is 1. The van der Waals surface area contributed by atoms with E-state index in [2.05, 4.69) is 9.97 Å². The number of halogens is 1. The minimum atomic E-state index is -0.865. The Balaban J connectivity index is 2.58. The van der Waals surface area contributed by atoms with Crippen LogP contribution >= 0.6 is 11.6 Å². The number of hydrogen-bond donors (Lipinski definition) is 2. The summed E-state index contributed by atoms with van der Waals surface area (Å²) in [5, 5.41) is 8.74. The van der Waals surface area contributed by atoms with Crippen LogP contribution < -0.4 is 0 Å². The number of rotatable bonds is 3. The van der Waals surface area contributed by atoms with Gasteiger partial charge in [-0.25, -0.2) is 4.98 Å². The van der Waals surface area contributed by atoms with Crippen molar-refractivity contribution in [1.29, 1.82) is 0 Å². The fourth-order valence-electron chi connectivity index (χ4n) is 1.59. The van der Waals surface area contributed by atoms with Gasteiger partial charge in [0.1, 0.15) is 0 Å². The molecule has 5 heteroatoms. The lowest BCUT2D eigenvalue weighted by molar-refractivity contribution is -0.136. The molecule has 0 aliphatic heterocycles. The van der Waals surface area contributed by atoms with Crippen LogP contribution in [-0.4, -0.2) is 21.0 Å². The first-order valence-electron chi connectivity index (χ1n) is 4.44. The van der Waals surface area contributed by atoms with Gasteiger partial charge in [-0.05, 0) is 17.2 Å². The minimum absolute atomic E-state index is 0.0230. The third-order valence-electron chi connectivity index (χ3n) is 2.27. The summed E-state index contributed by atoms with van der Waals surface area (Å²) in [7, 11) is 0. The maximum atomic E-state index is 10.6. The summed E-state index contributed by atoms with van der Waals surface area (Å²) < 4.78 is 0. The van der Waals surface area contributed by atoms with E-state index in [-0.39, 0.29) is 12.3 Å². The fourth-order valence-corrected chi connectivity index (χ4v) is 1.88. The molecule has 0 amide bonds. The first-order valence-corrected chi connectivity index (χ1v) is 4.97.